The van der Waals surface area contributed by atoms with E-state index in [9.17, 15) is 14.5 Å². The number of hydrogen-bond acceptors (Lipinski definition) is 4. The number of rotatable bonds is 5. The number of benzene rings is 2. The Kier molecular flexibility index (Phi) is 4.49. The molecule has 2 N–H and O–H groups in total. The van der Waals surface area contributed by atoms with Gasteiger partial charge < -0.3 is 10.5 Å². The van der Waals surface area contributed by atoms with Gasteiger partial charge >= 0.3 is 0 Å². The number of halogens is 1. The fraction of sp³-hybridized carbons (Fsp3) is 0.200. The molecule has 0 spiro atoms. The lowest BCUT2D eigenvalue weighted by atomic mass is 10.1. The molecule has 0 saturated heterocycles. The van der Waals surface area contributed by atoms with Gasteiger partial charge in [0.25, 0.3) is 5.69 Å². The molecule has 0 heterocycles. The van der Waals surface area contributed by atoms with Gasteiger partial charge in [-0.2, -0.15) is 0 Å². The molecule has 21 heavy (non-hydrogen) atoms. The maximum absolute atomic E-state index is 13.7. The molecular weight excluding hydrogens is 275 g/mol. The molecule has 0 radical (unpaired) electrons. The molecule has 5 nitrogen and oxygen atoms in total. The highest BCUT2D eigenvalue weighted by molar-refractivity contribution is 5.40. The molecule has 2 rings (SSSR count). The Morgan fingerprint density at radius 3 is 2.48 bits per heavy atom. The standard InChI is InChI=1S/C15H15FN2O3/c1-2-14(17)10-3-6-12(7-4-10)21-15-8-5-11(18(19)20)9-13(15)16/h3-9,14H,2,17H2,1H3/t14-/m0/s1. The first kappa shape index (κ1) is 14.9. The van der Waals surface area contributed by atoms with Crippen molar-refractivity contribution in [2.45, 2.75) is 19.4 Å². The largest absolute Gasteiger partial charge is 0.454 e. The van der Waals surface area contributed by atoms with Crippen molar-refractivity contribution in [2.75, 3.05) is 0 Å². The zero-order valence-electron chi connectivity index (χ0n) is 11.5. The van der Waals surface area contributed by atoms with Crippen LogP contribution in [-0.2, 0) is 0 Å². The van der Waals surface area contributed by atoms with Crippen molar-refractivity contribution in [2.24, 2.45) is 5.73 Å². The number of hydrogen-bond donors (Lipinski definition) is 1. The minimum atomic E-state index is -0.779. The number of nitro groups is 1. The second-order valence-corrected chi connectivity index (χ2v) is 4.56. The van der Waals surface area contributed by atoms with Crippen molar-refractivity contribution in [1.29, 1.82) is 0 Å². The summed E-state index contributed by atoms with van der Waals surface area (Å²) < 4.78 is 19.1. The topological polar surface area (TPSA) is 78.4 Å². The molecule has 0 aromatic heterocycles. The molecule has 6 heteroatoms. The van der Waals surface area contributed by atoms with Gasteiger partial charge in [0.15, 0.2) is 11.6 Å². The average Bonchev–Trinajstić information content (AvgIpc) is 2.49. The minimum absolute atomic E-state index is 0.0461. The third-order valence-corrected chi connectivity index (χ3v) is 3.10. The highest BCUT2D eigenvalue weighted by Gasteiger charge is 2.12. The van der Waals surface area contributed by atoms with E-state index in [1.54, 1.807) is 12.1 Å². The van der Waals surface area contributed by atoms with Crippen LogP contribution in [-0.4, -0.2) is 4.92 Å². The molecule has 0 aliphatic heterocycles. The lowest BCUT2D eigenvalue weighted by Crippen LogP contribution is -2.08. The Hall–Kier alpha value is -2.47. The van der Waals surface area contributed by atoms with Gasteiger partial charge in [-0.15, -0.1) is 0 Å². The molecule has 0 aliphatic carbocycles. The Morgan fingerprint density at radius 1 is 1.29 bits per heavy atom. The van der Waals surface area contributed by atoms with Crippen LogP contribution in [0.25, 0.3) is 0 Å². The summed E-state index contributed by atoms with van der Waals surface area (Å²) in [5, 5.41) is 10.5. The van der Waals surface area contributed by atoms with Crippen molar-refractivity contribution in [3.63, 3.8) is 0 Å². The molecular formula is C15H15FN2O3. The summed E-state index contributed by atoms with van der Waals surface area (Å²) in [5.74, 6) is -0.401. The first-order chi connectivity index (χ1) is 10.0. The van der Waals surface area contributed by atoms with E-state index >= 15 is 0 Å². The summed E-state index contributed by atoms with van der Waals surface area (Å²) in [4.78, 5) is 9.88. The van der Waals surface area contributed by atoms with Crippen LogP contribution in [0.4, 0.5) is 10.1 Å². The van der Waals surface area contributed by atoms with Crippen LogP contribution < -0.4 is 10.5 Å². The van der Waals surface area contributed by atoms with Gasteiger partial charge in [-0.25, -0.2) is 4.39 Å². The van der Waals surface area contributed by atoms with Gasteiger partial charge in [-0.05, 0) is 30.2 Å². The molecule has 0 bridgehead atoms. The second-order valence-electron chi connectivity index (χ2n) is 4.56. The second kappa shape index (κ2) is 6.32. The fourth-order valence-electron chi connectivity index (χ4n) is 1.83. The van der Waals surface area contributed by atoms with Crippen LogP contribution in [0.15, 0.2) is 42.5 Å². The Morgan fingerprint density at radius 2 is 1.95 bits per heavy atom. The summed E-state index contributed by atoms with van der Waals surface area (Å²) in [6.45, 7) is 1.99. The first-order valence-electron chi connectivity index (χ1n) is 6.48. The van der Waals surface area contributed by atoms with E-state index in [0.29, 0.717) is 5.75 Å². The van der Waals surface area contributed by atoms with Gasteiger partial charge in [-0.1, -0.05) is 19.1 Å². The van der Waals surface area contributed by atoms with Crippen LogP contribution in [0.2, 0.25) is 0 Å². The van der Waals surface area contributed by atoms with E-state index < -0.39 is 10.7 Å². The third-order valence-electron chi connectivity index (χ3n) is 3.10. The van der Waals surface area contributed by atoms with E-state index in [1.165, 1.54) is 12.1 Å². The SMILES string of the molecule is CC[C@H](N)c1ccc(Oc2ccc([N+](=O)[O-])cc2F)cc1. The van der Waals surface area contributed by atoms with Crippen LogP contribution in [0.3, 0.4) is 0 Å². The number of non-ortho nitro benzene ring substituents is 1. The van der Waals surface area contributed by atoms with Gasteiger partial charge in [0.05, 0.1) is 11.0 Å². The summed E-state index contributed by atoms with van der Waals surface area (Å²) >= 11 is 0. The molecule has 0 amide bonds. The molecule has 0 unspecified atom stereocenters. The van der Waals surface area contributed by atoms with Crippen LogP contribution in [0.5, 0.6) is 11.5 Å². The molecule has 0 fully saturated rings. The molecule has 110 valence electrons. The molecule has 0 saturated carbocycles. The minimum Gasteiger partial charge on any atom is -0.454 e. The molecule has 1 atom stereocenters. The smallest absolute Gasteiger partial charge is 0.272 e. The van der Waals surface area contributed by atoms with Crippen LogP contribution in [0, 0.1) is 15.9 Å². The zero-order valence-corrected chi connectivity index (χ0v) is 11.5. The Labute approximate surface area is 121 Å². The van der Waals surface area contributed by atoms with E-state index in [1.807, 2.05) is 19.1 Å². The van der Waals surface area contributed by atoms with E-state index in [4.69, 9.17) is 10.5 Å². The lowest BCUT2D eigenvalue weighted by molar-refractivity contribution is -0.385. The monoisotopic (exact) mass is 290 g/mol. The third kappa shape index (κ3) is 3.55. The zero-order chi connectivity index (χ0) is 15.4. The maximum atomic E-state index is 13.7. The summed E-state index contributed by atoms with van der Waals surface area (Å²) in [6.07, 6.45) is 0.817. The molecule has 0 aliphatic rings. The number of nitrogens with two attached hydrogens (primary N) is 1. The van der Waals surface area contributed by atoms with Crippen molar-refractivity contribution in [1.82, 2.24) is 0 Å². The maximum Gasteiger partial charge on any atom is 0.272 e. The van der Waals surface area contributed by atoms with E-state index in [2.05, 4.69) is 0 Å². The van der Waals surface area contributed by atoms with Crippen molar-refractivity contribution in [3.8, 4) is 11.5 Å². The van der Waals surface area contributed by atoms with Crippen molar-refractivity contribution < 1.29 is 14.1 Å². The Bertz CT molecular complexity index is 644. The summed E-state index contributed by atoms with van der Waals surface area (Å²) in [5.41, 5.74) is 6.55. The molecule has 2 aromatic carbocycles. The van der Waals surface area contributed by atoms with E-state index in [0.717, 1.165) is 18.1 Å². The van der Waals surface area contributed by atoms with Crippen LogP contribution >= 0.6 is 0 Å². The quantitative estimate of drug-likeness (QED) is 0.668. The predicted octanol–water partition coefficient (Wildman–Crippen LogP) is 3.94. The average molecular weight is 290 g/mol. The summed E-state index contributed by atoms with van der Waals surface area (Å²) in [7, 11) is 0. The van der Waals surface area contributed by atoms with E-state index in [-0.39, 0.29) is 17.5 Å². The Balaban J connectivity index is 2.16. The van der Waals surface area contributed by atoms with Gasteiger partial charge in [0, 0.05) is 12.1 Å². The first-order valence-corrected chi connectivity index (χ1v) is 6.48. The summed E-state index contributed by atoms with van der Waals surface area (Å²) in [6, 6.07) is 10.2. The predicted molar refractivity (Wildman–Crippen MR) is 76.8 cm³/mol. The van der Waals surface area contributed by atoms with Crippen molar-refractivity contribution in [3.05, 3.63) is 64.0 Å². The lowest BCUT2D eigenvalue weighted by Gasteiger charge is -2.11. The molecule has 2 aromatic rings. The normalized spacial score (nSPS) is 12.0. The number of nitrogens with zero attached hydrogens (tertiary/aromatic N) is 1. The highest BCUT2D eigenvalue weighted by atomic mass is 19.1. The van der Waals surface area contributed by atoms with Gasteiger partial charge in [0.1, 0.15) is 5.75 Å². The van der Waals surface area contributed by atoms with Crippen molar-refractivity contribution >= 4 is 5.69 Å². The van der Waals surface area contributed by atoms with Gasteiger partial charge in [-0.3, -0.25) is 10.1 Å². The number of nitro benzene ring substituents is 1. The fourth-order valence-corrected chi connectivity index (χ4v) is 1.83. The van der Waals surface area contributed by atoms with Crippen LogP contribution in [0.1, 0.15) is 24.9 Å². The number of ether oxygens (including phenoxy) is 1. The van der Waals surface area contributed by atoms with Gasteiger partial charge in [0.2, 0.25) is 0 Å². The highest BCUT2D eigenvalue weighted by Crippen LogP contribution is 2.28.